The quantitative estimate of drug-likeness (QED) is 0.862. The molecule has 0 amide bonds. The van der Waals surface area contributed by atoms with Crippen molar-refractivity contribution in [3.63, 3.8) is 0 Å². The Bertz CT molecular complexity index is 537. The van der Waals surface area contributed by atoms with Gasteiger partial charge in [-0.1, -0.05) is 24.3 Å². The first-order valence-electron chi connectivity index (χ1n) is 6.06. The fourth-order valence-electron chi connectivity index (χ4n) is 1.85. The van der Waals surface area contributed by atoms with Crippen molar-refractivity contribution in [1.29, 1.82) is 0 Å². The molecule has 0 aliphatic heterocycles. The molecule has 3 N–H and O–H groups in total. The van der Waals surface area contributed by atoms with Crippen LogP contribution < -0.4 is 11.1 Å². The van der Waals surface area contributed by atoms with Crippen LogP contribution in [0.1, 0.15) is 11.4 Å². The Morgan fingerprint density at radius 3 is 2.72 bits per heavy atom. The van der Waals surface area contributed by atoms with Gasteiger partial charge in [0.1, 0.15) is 5.82 Å². The highest BCUT2D eigenvalue weighted by atomic mass is 15.0. The highest BCUT2D eigenvalue weighted by molar-refractivity contribution is 5.75. The molecule has 0 spiro atoms. The Morgan fingerprint density at radius 2 is 2.00 bits per heavy atom. The van der Waals surface area contributed by atoms with E-state index < -0.39 is 0 Å². The van der Waals surface area contributed by atoms with Crippen molar-refractivity contribution in [3.05, 3.63) is 41.9 Å². The molecule has 1 heterocycles. The summed E-state index contributed by atoms with van der Waals surface area (Å²) in [7, 11) is 0. The van der Waals surface area contributed by atoms with E-state index in [1.807, 2.05) is 25.3 Å². The lowest BCUT2D eigenvalue weighted by Gasteiger charge is -2.12. The van der Waals surface area contributed by atoms with Gasteiger partial charge in [0.25, 0.3) is 0 Å². The van der Waals surface area contributed by atoms with Crippen LogP contribution in [-0.4, -0.2) is 23.1 Å². The number of hydrogen-bond acceptors (Lipinski definition) is 4. The van der Waals surface area contributed by atoms with Crippen molar-refractivity contribution in [2.24, 2.45) is 5.73 Å². The molecule has 0 bridgehead atoms. The van der Waals surface area contributed by atoms with Gasteiger partial charge in [0.2, 0.25) is 0 Å². The van der Waals surface area contributed by atoms with Gasteiger partial charge in [0.15, 0.2) is 0 Å². The molecule has 1 aromatic carbocycles. The van der Waals surface area contributed by atoms with Crippen LogP contribution >= 0.6 is 0 Å². The monoisotopic (exact) mass is 242 g/mol. The van der Waals surface area contributed by atoms with Crippen LogP contribution in [0.2, 0.25) is 0 Å². The number of nitrogens with one attached hydrogen (secondary N) is 1. The number of rotatable bonds is 4. The lowest BCUT2D eigenvalue weighted by molar-refractivity contribution is 1.00. The van der Waals surface area contributed by atoms with Crippen molar-refractivity contribution >= 4 is 5.69 Å². The van der Waals surface area contributed by atoms with E-state index >= 15 is 0 Å². The third-order valence-electron chi connectivity index (χ3n) is 2.77. The Hall–Kier alpha value is -1.94. The Labute approximate surface area is 107 Å². The van der Waals surface area contributed by atoms with Gasteiger partial charge in [-0.15, -0.1) is 0 Å². The summed E-state index contributed by atoms with van der Waals surface area (Å²) in [5.41, 5.74) is 9.72. The standard InChI is InChI=1S/C14H18N4/c1-10-5-3-4-6-12(10)14-13(16-8-7-15)9-17-11(2)18-14/h3-6,9,16H,7-8,15H2,1-2H3. The topological polar surface area (TPSA) is 63.8 Å². The van der Waals surface area contributed by atoms with Gasteiger partial charge in [-0.2, -0.15) is 0 Å². The maximum absolute atomic E-state index is 5.52. The maximum atomic E-state index is 5.52. The molecule has 2 rings (SSSR count). The highest BCUT2D eigenvalue weighted by Crippen LogP contribution is 2.27. The molecule has 0 unspecified atom stereocenters. The molecule has 18 heavy (non-hydrogen) atoms. The Kier molecular flexibility index (Phi) is 3.89. The summed E-state index contributed by atoms with van der Waals surface area (Å²) in [6.07, 6.45) is 1.82. The lowest BCUT2D eigenvalue weighted by atomic mass is 10.0. The van der Waals surface area contributed by atoms with Crippen molar-refractivity contribution in [2.45, 2.75) is 13.8 Å². The predicted octanol–water partition coefficient (Wildman–Crippen LogP) is 2.13. The van der Waals surface area contributed by atoms with Gasteiger partial charge < -0.3 is 11.1 Å². The van der Waals surface area contributed by atoms with Crippen LogP contribution in [-0.2, 0) is 0 Å². The van der Waals surface area contributed by atoms with E-state index in [0.29, 0.717) is 13.1 Å². The minimum Gasteiger partial charge on any atom is -0.381 e. The second-order valence-electron chi connectivity index (χ2n) is 4.21. The zero-order chi connectivity index (χ0) is 13.0. The van der Waals surface area contributed by atoms with Crippen molar-refractivity contribution in [1.82, 2.24) is 9.97 Å². The lowest BCUT2D eigenvalue weighted by Crippen LogP contribution is -2.14. The largest absolute Gasteiger partial charge is 0.381 e. The van der Waals surface area contributed by atoms with Crippen molar-refractivity contribution in [2.75, 3.05) is 18.4 Å². The second kappa shape index (κ2) is 5.60. The summed E-state index contributed by atoms with van der Waals surface area (Å²) in [6.45, 7) is 5.28. The SMILES string of the molecule is Cc1ncc(NCCN)c(-c2ccccc2C)n1. The minimum atomic E-state index is 0.584. The van der Waals surface area contributed by atoms with E-state index in [-0.39, 0.29) is 0 Å². The van der Waals surface area contributed by atoms with Gasteiger partial charge in [-0.3, -0.25) is 0 Å². The second-order valence-corrected chi connectivity index (χ2v) is 4.21. The summed E-state index contributed by atoms with van der Waals surface area (Å²) >= 11 is 0. The van der Waals surface area contributed by atoms with Gasteiger partial charge in [0, 0.05) is 18.7 Å². The fraction of sp³-hybridized carbons (Fsp3) is 0.286. The van der Waals surface area contributed by atoms with Crippen LogP contribution in [0.5, 0.6) is 0 Å². The third kappa shape index (κ3) is 2.65. The number of nitrogens with two attached hydrogens (primary N) is 1. The Balaban J connectivity index is 2.48. The molecule has 0 atom stereocenters. The van der Waals surface area contributed by atoms with Gasteiger partial charge in [-0.25, -0.2) is 9.97 Å². The molecule has 0 aliphatic rings. The molecular formula is C14H18N4. The van der Waals surface area contributed by atoms with Crippen LogP contribution in [0.15, 0.2) is 30.5 Å². The van der Waals surface area contributed by atoms with Crippen molar-refractivity contribution in [3.8, 4) is 11.3 Å². The van der Waals surface area contributed by atoms with E-state index in [1.54, 1.807) is 0 Å². The number of anilines is 1. The molecule has 0 aliphatic carbocycles. The summed E-state index contributed by atoms with van der Waals surface area (Å²) in [6, 6.07) is 8.20. The van der Waals surface area contributed by atoms with E-state index in [1.165, 1.54) is 5.56 Å². The minimum absolute atomic E-state index is 0.584. The molecule has 0 saturated carbocycles. The average molecular weight is 242 g/mol. The van der Waals surface area contributed by atoms with Crippen LogP contribution in [0, 0.1) is 13.8 Å². The average Bonchev–Trinajstić information content (AvgIpc) is 2.38. The first kappa shape index (κ1) is 12.5. The molecule has 1 aromatic heterocycles. The zero-order valence-corrected chi connectivity index (χ0v) is 10.8. The summed E-state index contributed by atoms with van der Waals surface area (Å²) in [4.78, 5) is 8.78. The number of aromatic nitrogens is 2. The summed E-state index contributed by atoms with van der Waals surface area (Å²) in [5.74, 6) is 0.770. The van der Waals surface area contributed by atoms with Gasteiger partial charge in [-0.05, 0) is 19.4 Å². The van der Waals surface area contributed by atoms with E-state index in [4.69, 9.17) is 5.73 Å². The van der Waals surface area contributed by atoms with Crippen LogP contribution in [0.3, 0.4) is 0 Å². The first-order valence-corrected chi connectivity index (χ1v) is 6.06. The molecule has 4 heteroatoms. The summed E-state index contributed by atoms with van der Waals surface area (Å²) < 4.78 is 0. The zero-order valence-electron chi connectivity index (χ0n) is 10.8. The highest BCUT2D eigenvalue weighted by Gasteiger charge is 2.09. The number of nitrogens with zero attached hydrogens (tertiary/aromatic N) is 2. The third-order valence-corrected chi connectivity index (χ3v) is 2.77. The molecular weight excluding hydrogens is 224 g/mol. The molecule has 4 nitrogen and oxygen atoms in total. The number of benzene rings is 1. The molecule has 2 aromatic rings. The van der Waals surface area contributed by atoms with Gasteiger partial charge >= 0.3 is 0 Å². The predicted molar refractivity (Wildman–Crippen MR) is 74.5 cm³/mol. The van der Waals surface area contributed by atoms with E-state index in [9.17, 15) is 0 Å². The molecule has 0 saturated heterocycles. The number of hydrogen-bond donors (Lipinski definition) is 2. The first-order chi connectivity index (χ1) is 8.72. The van der Waals surface area contributed by atoms with Crippen LogP contribution in [0.4, 0.5) is 5.69 Å². The smallest absolute Gasteiger partial charge is 0.126 e. The summed E-state index contributed by atoms with van der Waals surface area (Å²) in [5, 5.41) is 3.27. The normalized spacial score (nSPS) is 10.4. The molecule has 0 radical (unpaired) electrons. The molecule has 0 fully saturated rings. The van der Waals surface area contributed by atoms with E-state index in [2.05, 4.69) is 34.3 Å². The van der Waals surface area contributed by atoms with E-state index in [0.717, 1.165) is 22.8 Å². The maximum Gasteiger partial charge on any atom is 0.126 e. The number of aryl methyl sites for hydroxylation is 2. The van der Waals surface area contributed by atoms with Crippen LogP contribution in [0.25, 0.3) is 11.3 Å². The van der Waals surface area contributed by atoms with Gasteiger partial charge in [0.05, 0.1) is 17.6 Å². The van der Waals surface area contributed by atoms with Crippen molar-refractivity contribution < 1.29 is 0 Å². The Morgan fingerprint density at radius 1 is 1.22 bits per heavy atom. The fourth-order valence-corrected chi connectivity index (χ4v) is 1.85. The molecule has 94 valence electrons.